The fourth-order valence-corrected chi connectivity index (χ4v) is 6.20. The van der Waals surface area contributed by atoms with Crippen molar-refractivity contribution >= 4 is 40.2 Å². The van der Waals surface area contributed by atoms with Crippen molar-refractivity contribution in [1.29, 1.82) is 0 Å². The van der Waals surface area contributed by atoms with Crippen molar-refractivity contribution in [3.8, 4) is 0 Å². The molecule has 0 spiro atoms. The molecule has 1 saturated heterocycles. The van der Waals surface area contributed by atoms with Gasteiger partial charge in [0, 0.05) is 11.1 Å². The van der Waals surface area contributed by atoms with Crippen molar-refractivity contribution in [2.45, 2.75) is 63.5 Å². The Balaban J connectivity index is 1.60. The second-order valence-corrected chi connectivity index (χ2v) is 9.64. The van der Waals surface area contributed by atoms with E-state index in [0.29, 0.717) is 11.7 Å². The van der Waals surface area contributed by atoms with Gasteiger partial charge in [-0.25, -0.2) is 9.59 Å². The van der Waals surface area contributed by atoms with E-state index >= 15 is 0 Å². The van der Waals surface area contributed by atoms with E-state index < -0.39 is 6.04 Å². The van der Waals surface area contributed by atoms with E-state index in [1.165, 1.54) is 19.3 Å². The number of esters is 1. The number of anilines is 1. The van der Waals surface area contributed by atoms with Gasteiger partial charge in [0.1, 0.15) is 6.04 Å². The molecule has 0 radical (unpaired) electrons. The minimum Gasteiger partial charge on any atom is -0.461 e. The van der Waals surface area contributed by atoms with Gasteiger partial charge in [-0.1, -0.05) is 55.7 Å². The minimum absolute atomic E-state index is 0.0185. The summed E-state index contributed by atoms with van der Waals surface area (Å²) in [5.74, 6) is 0.720. The predicted octanol–water partition coefficient (Wildman–Crippen LogP) is 5.65. The number of nitrogens with one attached hydrogen (secondary N) is 1. The first-order chi connectivity index (χ1) is 14.5. The summed E-state index contributed by atoms with van der Waals surface area (Å²) in [4.78, 5) is 28.1. The highest BCUT2D eigenvalue weighted by Crippen LogP contribution is 2.41. The molecule has 1 aliphatic carbocycles. The summed E-state index contributed by atoms with van der Waals surface area (Å²) in [5.41, 5.74) is 0.772. The Morgan fingerprint density at radius 3 is 2.57 bits per heavy atom. The van der Waals surface area contributed by atoms with Crippen LogP contribution in [0.4, 0.5) is 10.5 Å². The molecule has 2 aliphatic rings. The van der Waals surface area contributed by atoms with E-state index in [1.54, 1.807) is 16.7 Å². The number of carbonyl (C=O) groups excluding carboxylic acids is 2. The highest BCUT2D eigenvalue weighted by molar-refractivity contribution is 8.00. The van der Waals surface area contributed by atoms with Crippen LogP contribution in [-0.4, -0.2) is 40.2 Å². The molecule has 1 heterocycles. The number of rotatable bonds is 4. The number of nitrogens with zero attached hydrogens (tertiary/aromatic N) is 1. The summed E-state index contributed by atoms with van der Waals surface area (Å²) in [6, 6.07) is 13.1. The summed E-state index contributed by atoms with van der Waals surface area (Å²) in [6.45, 7) is 3.69. The van der Waals surface area contributed by atoms with E-state index in [-0.39, 0.29) is 23.5 Å². The first-order valence-corrected chi connectivity index (χ1v) is 12.0. The molecule has 0 bridgehead atoms. The van der Waals surface area contributed by atoms with Gasteiger partial charge in [-0.3, -0.25) is 4.90 Å². The third kappa shape index (κ3) is 4.43. The standard InChI is InChI=1S/C24H30N2O3S/c1-16(2)29-23(27)21-15-30-22(18-10-4-3-5-11-18)26(21)24(28)25-20-14-8-12-17-9-6-7-13-19(17)20/h6-9,12-14,16,18,21-22H,3-5,10-11,15H2,1-2H3,(H,25,28)/t21-,22+/m0/s1. The number of fused-ring (bicyclic) bond motifs is 1. The fraction of sp³-hybridized carbons (Fsp3) is 0.500. The van der Waals surface area contributed by atoms with Gasteiger partial charge in [0.25, 0.3) is 0 Å². The van der Waals surface area contributed by atoms with E-state index in [0.717, 1.165) is 29.3 Å². The van der Waals surface area contributed by atoms with Gasteiger partial charge in [0.2, 0.25) is 0 Å². The number of benzene rings is 2. The molecule has 0 unspecified atom stereocenters. The molecule has 6 heteroatoms. The van der Waals surface area contributed by atoms with Gasteiger partial charge in [-0.05, 0) is 44.1 Å². The topological polar surface area (TPSA) is 58.6 Å². The molecule has 2 amide bonds. The number of thioether (sulfide) groups is 1. The number of urea groups is 1. The lowest BCUT2D eigenvalue weighted by Crippen LogP contribution is -2.50. The molecular weight excluding hydrogens is 396 g/mol. The van der Waals surface area contributed by atoms with Crippen LogP contribution < -0.4 is 5.32 Å². The van der Waals surface area contributed by atoms with Crippen molar-refractivity contribution in [1.82, 2.24) is 4.90 Å². The van der Waals surface area contributed by atoms with Gasteiger partial charge < -0.3 is 10.1 Å². The average Bonchev–Trinajstić information content (AvgIpc) is 3.20. The molecule has 2 fully saturated rings. The maximum absolute atomic E-state index is 13.5. The fourth-order valence-electron chi connectivity index (χ4n) is 4.57. The zero-order chi connectivity index (χ0) is 21.1. The number of ether oxygens (including phenoxy) is 1. The van der Waals surface area contributed by atoms with Crippen molar-refractivity contribution < 1.29 is 14.3 Å². The Morgan fingerprint density at radius 2 is 1.80 bits per heavy atom. The van der Waals surface area contributed by atoms with Crippen LogP contribution in [0.2, 0.25) is 0 Å². The van der Waals surface area contributed by atoms with E-state index in [1.807, 2.05) is 56.3 Å². The van der Waals surface area contributed by atoms with Crippen LogP contribution in [0.1, 0.15) is 46.0 Å². The second-order valence-electron chi connectivity index (χ2n) is 8.49. The molecule has 5 nitrogen and oxygen atoms in total. The van der Waals surface area contributed by atoms with Crippen LogP contribution >= 0.6 is 11.8 Å². The quantitative estimate of drug-likeness (QED) is 0.642. The van der Waals surface area contributed by atoms with Gasteiger partial charge in [-0.15, -0.1) is 11.8 Å². The maximum atomic E-state index is 13.5. The Kier molecular flexibility index (Phi) is 6.52. The van der Waals surface area contributed by atoms with Crippen LogP contribution in [0.5, 0.6) is 0 Å². The molecule has 30 heavy (non-hydrogen) atoms. The normalized spacial score (nSPS) is 22.4. The largest absolute Gasteiger partial charge is 0.461 e. The molecule has 2 atom stereocenters. The van der Waals surface area contributed by atoms with Crippen LogP contribution in [0, 0.1) is 5.92 Å². The SMILES string of the molecule is CC(C)OC(=O)[C@@H]1CS[C@H](C2CCCCC2)N1C(=O)Nc1cccc2ccccc12. The van der Waals surface area contributed by atoms with Crippen molar-refractivity contribution in [2.24, 2.45) is 5.92 Å². The van der Waals surface area contributed by atoms with E-state index in [9.17, 15) is 9.59 Å². The first-order valence-electron chi connectivity index (χ1n) is 10.9. The first kappa shape index (κ1) is 21.0. The highest BCUT2D eigenvalue weighted by atomic mass is 32.2. The number of hydrogen-bond acceptors (Lipinski definition) is 4. The lowest BCUT2D eigenvalue weighted by Gasteiger charge is -2.35. The lowest BCUT2D eigenvalue weighted by atomic mass is 9.88. The molecule has 4 rings (SSSR count). The van der Waals surface area contributed by atoms with Crippen LogP contribution in [0.25, 0.3) is 10.8 Å². The lowest BCUT2D eigenvalue weighted by molar-refractivity contribution is -0.151. The van der Waals surface area contributed by atoms with Gasteiger partial charge >= 0.3 is 12.0 Å². The summed E-state index contributed by atoms with van der Waals surface area (Å²) in [5, 5.41) is 5.19. The van der Waals surface area contributed by atoms with Crippen molar-refractivity contribution in [3.63, 3.8) is 0 Å². The Morgan fingerprint density at radius 1 is 1.07 bits per heavy atom. The second kappa shape index (κ2) is 9.29. The summed E-state index contributed by atoms with van der Waals surface area (Å²) in [6.07, 6.45) is 5.68. The smallest absolute Gasteiger partial charge is 0.330 e. The van der Waals surface area contributed by atoms with Gasteiger partial charge in [0.05, 0.1) is 17.2 Å². The predicted molar refractivity (Wildman–Crippen MR) is 123 cm³/mol. The molecule has 2 aromatic carbocycles. The van der Waals surface area contributed by atoms with Crippen LogP contribution in [0.3, 0.4) is 0 Å². The minimum atomic E-state index is -0.542. The number of amides is 2. The van der Waals surface area contributed by atoms with E-state index in [2.05, 4.69) is 5.32 Å². The van der Waals surface area contributed by atoms with Crippen molar-refractivity contribution in [3.05, 3.63) is 42.5 Å². The molecule has 1 N–H and O–H groups in total. The number of carbonyl (C=O) groups is 2. The molecule has 2 aromatic rings. The Labute approximate surface area is 182 Å². The van der Waals surface area contributed by atoms with E-state index in [4.69, 9.17) is 4.74 Å². The maximum Gasteiger partial charge on any atom is 0.330 e. The zero-order valence-electron chi connectivity index (χ0n) is 17.7. The zero-order valence-corrected chi connectivity index (χ0v) is 18.5. The molecule has 1 aliphatic heterocycles. The van der Waals surface area contributed by atoms with Gasteiger partial charge in [-0.2, -0.15) is 0 Å². The Hall–Kier alpha value is -2.21. The average molecular weight is 427 g/mol. The van der Waals surface area contributed by atoms with Gasteiger partial charge in [0.15, 0.2) is 0 Å². The summed E-state index contributed by atoms with van der Waals surface area (Å²) >= 11 is 1.73. The van der Waals surface area contributed by atoms with Crippen LogP contribution in [0.15, 0.2) is 42.5 Å². The number of hydrogen-bond donors (Lipinski definition) is 1. The highest BCUT2D eigenvalue weighted by Gasteiger charge is 2.46. The van der Waals surface area contributed by atoms with Crippen LogP contribution in [-0.2, 0) is 9.53 Å². The molecule has 1 saturated carbocycles. The third-order valence-corrected chi connectivity index (χ3v) is 7.44. The monoisotopic (exact) mass is 426 g/mol. The summed E-state index contributed by atoms with van der Waals surface area (Å²) < 4.78 is 5.50. The third-order valence-electron chi connectivity index (χ3n) is 5.98. The van der Waals surface area contributed by atoms with Crippen molar-refractivity contribution in [2.75, 3.05) is 11.1 Å². The Bertz CT molecular complexity index is 905. The molecular formula is C24H30N2O3S. The summed E-state index contributed by atoms with van der Waals surface area (Å²) in [7, 11) is 0. The molecule has 160 valence electrons. The molecule has 0 aromatic heterocycles.